The van der Waals surface area contributed by atoms with E-state index >= 15 is 0 Å². The number of fused-ring (bicyclic) bond motifs is 2. The zero-order valence-corrected chi connectivity index (χ0v) is 19.2. The summed E-state index contributed by atoms with van der Waals surface area (Å²) in [6.07, 6.45) is 1.01. The lowest BCUT2D eigenvalue weighted by Gasteiger charge is -2.12. The number of hydrogen-bond donors (Lipinski definition) is 2. The fraction of sp³-hybridized carbons (Fsp3) is 0.429. The van der Waals surface area contributed by atoms with E-state index in [4.69, 9.17) is 5.73 Å². The lowest BCUT2D eigenvalue weighted by Crippen LogP contribution is -2.25. The zero-order valence-electron chi connectivity index (χ0n) is 17.0. The van der Waals surface area contributed by atoms with Gasteiger partial charge in [0.1, 0.15) is 5.82 Å². The van der Waals surface area contributed by atoms with Gasteiger partial charge in [-0.3, -0.25) is 4.79 Å². The molecule has 1 aromatic carbocycles. The highest BCUT2D eigenvalue weighted by Crippen LogP contribution is 2.29. The molecule has 2 aromatic heterocycles. The quantitative estimate of drug-likeness (QED) is 0.281. The maximum absolute atomic E-state index is 13.9. The van der Waals surface area contributed by atoms with Crippen molar-refractivity contribution in [1.82, 2.24) is 24.8 Å². The van der Waals surface area contributed by atoms with Crippen molar-refractivity contribution in [2.75, 3.05) is 18.8 Å². The third-order valence-corrected chi connectivity index (χ3v) is 6.28. The Kier molecular flexibility index (Phi) is 6.01. The molecule has 0 bridgehead atoms. The van der Waals surface area contributed by atoms with E-state index in [0.717, 1.165) is 39.1 Å². The van der Waals surface area contributed by atoms with Gasteiger partial charge >= 0.3 is 6.08 Å². The van der Waals surface area contributed by atoms with Crippen LogP contribution in [0.5, 0.6) is 0 Å². The molecule has 0 aliphatic heterocycles. The smallest absolute Gasteiger partial charge is 0.312 e. The first kappa shape index (κ1) is 21.1. The fourth-order valence-electron chi connectivity index (χ4n) is 3.81. The molecule has 0 unspecified atom stereocenters. The number of nitrogens with zero attached hydrogens (tertiary/aromatic N) is 4. The number of aromatic nitrogens is 4. The Morgan fingerprint density at radius 3 is 2.83 bits per heavy atom. The molecular formula is C21H24FIN6O. The molecule has 2 heterocycles. The minimum atomic E-state index is -0.861. The molecule has 0 fully saturated rings. The predicted octanol–water partition coefficient (Wildman–Crippen LogP) is 3.12. The number of carbonyl (C=O) groups excluding carboxylic acids is 1. The third-order valence-electron chi connectivity index (χ3n) is 5.28. The number of aryl methyl sites for hydroxylation is 1. The molecule has 158 valence electrons. The molecule has 7 nitrogen and oxygen atoms in total. The minimum absolute atomic E-state index is 0.0338. The number of anilines is 1. The Labute approximate surface area is 187 Å². The van der Waals surface area contributed by atoms with E-state index in [1.807, 2.05) is 10.6 Å². The van der Waals surface area contributed by atoms with Crippen molar-refractivity contribution in [2.45, 2.75) is 39.7 Å². The van der Waals surface area contributed by atoms with Gasteiger partial charge in [0.15, 0.2) is 22.8 Å². The van der Waals surface area contributed by atoms with Crippen LogP contribution in [0.25, 0.3) is 11.2 Å². The highest BCUT2D eigenvalue weighted by Gasteiger charge is 2.23. The van der Waals surface area contributed by atoms with Crippen LogP contribution in [0.15, 0.2) is 12.1 Å². The fourth-order valence-corrected chi connectivity index (χ4v) is 4.53. The SMILES string of the molecule is CC(C)CNCCn1c(Cc2cc3c(cc2I)CCC3=O)nc2c(N)nc(F)nc21. The van der Waals surface area contributed by atoms with Crippen molar-refractivity contribution >= 4 is 45.4 Å². The monoisotopic (exact) mass is 522 g/mol. The van der Waals surface area contributed by atoms with Crippen LogP contribution in [0.1, 0.15) is 47.6 Å². The Hall–Kier alpha value is -2.14. The number of nitrogens with two attached hydrogens (primary N) is 1. The summed E-state index contributed by atoms with van der Waals surface area (Å²) in [6.45, 7) is 6.45. The van der Waals surface area contributed by atoms with Gasteiger partial charge in [-0.25, -0.2) is 4.98 Å². The van der Waals surface area contributed by atoms with Crippen LogP contribution in [0.3, 0.4) is 0 Å². The van der Waals surface area contributed by atoms with E-state index in [1.54, 1.807) is 0 Å². The number of ketones is 1. The normalized spacial score (nSPS) is 13.6. The summed E-state index contributed by atoms with van der Waals surface area (Å²) in [6, 6.07) is 4.06. The minimum Gasteiger partial charge on any atom is -0.382 e. The van der Waals surface area contributed by atoms with Gasteiger partial charge in [0, 0.05) is 35.1 Å². The molecule has 0 amide bonds. The number of rotatable bonds is 7. The lowest BCUT2D eigenvalue weighted by atomic mass is 10.0. The molecule has 3 N–H and O–H groups in total. The van der Waals surface area contributed by atoms with E-state index < -0.39 is 6.08 Å². The van der Waals surface area contributed by atoms with Gasteiger partial charge in [0.2, 0.25) is 0 Å². The summed E-state index contributed by atoms with van der Waals surface area (Å²) in [5.41, 5.74) is 9.65. The van der Waals surface area contributed by atoms with Crippen LogP contribution in [0, 0.1) is 15.6 Å². The number of halogens is 2. The van der Waals surface area contributed by atoms with E-state index in [1.165, 1.54) is 0 Å². The molecule has 0 spiro atoms. The first-order valence-corrected chi connectivity index (χ1v) is 11.1. The van der Waals surface area contributed by atoms with Gasteiger partial charge in [-0.05, 0) is 64.7 Å². The summed E-state index contributed by atoms with van der Waals surface area (Å²) in [5.74, 6) is 1.48. The third kappa shape index (κ3) is 4.18. The van der Waals surface area contributed by atoms with E-state index in [9.17, 15) is 9.18 Å². The second kappa shape index (κ2) is 8.54. The molecule has 0 saturated carbocycles. The maximum Gasteiger partial charge on any atom is 0.312 e. The lowest BCUT2D eigenvalue weighted by molar-refractivity contribution is 0.0994. The van der Waals surface area contributed by atoms with E-state index in [2.05, 4.69) is 62.8 Å². The largest absolute Gasteiger partial charge is 0.382 e. The Bertz CT molecular complexity index is 1130. The van der Waals surface area contributed by atoms with E-state index in [-0.39, 0.29) is 11.6 Å². The van der Waals surface area contributed by atoms with Gasteiger partial charge in [0.25, 0.3) is 0 Å². The maximum atomic E-state index is 13.9. The molecule has 0 saturated heterocycles. The number of carbonyl (C=O) groups is 1. The van der Waals surface area contributed by atoms with Crippen LogP contribution >= 0.6 is 22.6 Å². The molecule has 4 rings (SSSR count). The molecule has 30 heavy (non-hydrogen) atoms. The predicted molar refractivity (Wildman–Crippen MR) is 122 cm³/mol. The Balaban J connectivity index is 1.71. The molecule has 0 atom stereocenters. The van der Waals surface area contributed by atoms with Gasteiger partial charge in [0.05, 0.1) is 0 Å². The summed E-state index contributed by atoms with van der Waals surface area (Å²) < 4.78 is 16.9. The van der Waals surface area contributed by atoms with Crippen LogP contribution in [-0.4, -0.2) is 38.4 Å². The highest BCUT2D eigenvalue weighted by atomic mass is 127. The molecule has 1 aliphatic carbocycles. The van der Waals surface area contributed by atoms with Crippen molar-refractivity contribution in [1.29, 1.82) is 0 Å². The highest BCUT2D eigenvalue weighted by molar-refractivity contribution is 14.1. The Morgan fingerprint density at radius 1 is 1.27 bits per heavy atom. The standard InChI is InChI=1S/C21H24FIN6O/c1-11(2)10-25-5-6-29-17(26-18-19(24)27-21(22)28-20(18)29)9-13-7-14-12(8-15(13)23)3-4-16(14)30/h7-8,11,25H,3-6,9-10H2,1-2H3,(H2,24,27,28). The van der Waals surface area contributed by atoms with Gasteiger partial charge < -0.3 is 15.6 Å². The second-order valence-corrected chi connectivity index (χ2v) is 9.19. The van der Waals surface area contributed by atoms with Crippen LogP contribution in [0.4, 0.5) is 10.2 Å². The molecule has 0 radical (unpaired) electrons. The molecule has 1 aliphatic rings. The van der Waals surface area contributed by atoms with Gasteiger partial charge in [-0.2, -0.15) is 14.4 Å². The number of nitrogen functional groups attached to an aromatic ring is 1. The van der Waals surface area contributed by atoms with Crippen LogP contribution < -0.4 is 11.1 Å². The van der Waals surface area contributed by atoms with E-state index in [0.29, 0.717) is 43.0 Å². The summed E-state index contributed by atoms with van der Waals surface area (Å²) >= 11 is 2.30. The van der Waals surface area contributed by atoms with Crippen molar-refractivity contribution in [3.63, 3.8) is 0 Å². The second-order valence-electron chi connectivity index (χ2n) is 8.03. The number of nitrogens with one attached hydrogen (secondary N) is 1. The first-order valence-electron chi connectivity index (χ1n) is 10.1. The summed E-state index contributed by atoms with van der Waals surface area (Å²) in [5, 5.41) is 3.40. The van der Waals surface area contributed by atoms with Crippen LogP contribution in [-0.2, 0) is 19.4 Å². The first-order chi connectivity index (χ1) is 14.3. The number of benzene rings is 1. The molecule has 9 heteroatoms. The molecule has 3 aromatic rings. The topological polar surface area (TPSA) is 98.7 Å². The summed E-state index contributed by atoms with van der Waals surface area (Å²) in [4.78, 5) is 24.4. The average Bonchev–Trinajstić information content (AvgIpc) is 3.20. The Morgan fingerprint density at radius 2 is 2.07 bits per heavy atom. The van der Waals surface area contributed by atoms with Crippen LogP contribution in [0.2, 0.25) is 0 Å². The number of Topliss-reactive ketones (excluding diaryl/α,β-unsaturated/α-hetero) is 1. The number of hydrogen-bond acceptors (Lipinski definition) is 6. The van der Waals surface area contributed by atoms with Crippen molar-refractivity contribution in [2.24, 2.45) is 5.92 Å². The average molecular weight is 522 g/mol. The van der Waals surface area contributed by atoms with Gasteiger partial charge in [-0.15, -0.1) is 0 Å². The van der Waals surface area contributed by atoms with Crippen molar-refractivity contribution in [3.8, 4) is 0 Å². The number of imidazole rings is 1. The zero-order chi connectivity index (χ0) is 21.4. The van der Waals surface area contributed by atoms with Gasteiger partial charge in [-0.1, -0.05) is 13.8 Å². The van der Waals surface area contributed by atoms with Crippen molar-refractivity contribution < 1.29 is 9.18 Å². The summed E-state index contributed by atoms with van der Waals surface area (Å²) in [7, 11) is 0. The van der Waals surface area contributed by atoms with Crippen molar-refractivity contribution in [3.05, 3.63) is 44.3 Å². The molecular weight excluding hydrogens is 498 g/mol.